The molecule has 0 aliphatic carbocycles. The molecule has 1 atom stereocenters. The highest BCUT2D eigenvalue weighted by Gasteiger charge is 2.25. The molecule has 0 spiro atoms. The second kappa shape index (κ2) is 6.75. The normalized spacial score (nSPS) is 13.0. The highest BCUT2D eigenvalue weighted by molar-refractivity contribution is 8.13. The van der Waals surface area contributed by atoms with Crippen molar-refractivity contribution >= 4 is 25.6 Å². The van der Waals surface area contributed by atoms with Crippen LogP contribution in [0, 0.1) is 12.7 Å². The summed E-state index contributed by atoms with van der Waals surface area (Å²) in [5.74, 6) is -1.25. The first kappa shape index (κ1) is 17.9. The summed E-state index contributed by atoms with van der Waals surface area (Å²) in [5, 5.41) is 0. The smallest absolute Gasteiger partial charge is 0.261 e. The molecule has 21 heavy (non-hydrogen) atoms. The fourth-order valence-electron chi connectivity index (χ4n) is 2.06. The molecule has 0 N–H and O–H groups in total. The number of carbonyl (C=O) groups is 1. The first-order chi connectivity index (χ1) is 9.63. The second-order valence-electron chi connectivity index (χ2n) is 4.89. The third-order valence-corrected chi connectivity index (χ3v) is 4.80. The third-order valence-electron chi connectivity index (χ3n) is 3.46. The van der Waals surface area contributed by atoms with Crippen molar-refractivity contribution < 1.29 is 17.6 Å². The minimum Gasteiger partial charge on any atom is -0.336 e. The van der Waals surface area contributed by atoms with E-state index in [0.717, 1.165) is 12.1 Å². The number of benzene rings is 1. The molecule has 1 amide bonds. The van der Waals surface area contributed by atoms with Gasteiger partial charge in [0.15, 0.2) is 0 Å². The first-order valence-electron chi connectivity index (χ1n) is 6.69. The molecule has 0 aromatic heterocycles. The van der Waals surface area contributed by atoms with Gasteiger partial charge < -0.3 is 4.90 Å². The lowest BCUT2D eigenvalue weighted by atomic mass is 10.1. The number of hydrogen-bond donors (Lipinski definition) is 0. The number of nitrogens with zero attached hydrogens (tertiary/aromatic N) is 1. The van der Waals surface area contributed by atoms with E-state index in [1.54, 1.807) is 6.92 Å². The molecular formula is C14H19ClFNO3S. The third kappa shape index (κ3) is 3.95. The van der Waals surface area contributed by atoms with Gasteiger partial charge in [0.25, 0.3) is 15.0 Å². The van der Waals surface area contributed by atoms with Gasteiger partial charge in [-0.15, -0.1) is 0 Å². The van der Waals surface area contributed by atoms with Crippen molar-refractivity contribution in [1.29, 1.82) is 0 Å². The van der Waals surface area contributed by atoms with Gasteiger partial charge in [-0.2, -0.15) is 0 Å². The fourth-order valence-corrected chi connectivity index (χ4v) is 2.91. The van der Waals surface area contributed by atoms with E-state index >= 15 is 0 Å². The van der Waals surface area contributed by atoms with Gasteiger partial charge in [-0.05, 0) is 44.9 Å². The fraction of sp³-hybridized carbons (Fsp3) is 0.500. The zero-order valence-electron chi connectivity index (χ0n) is 12.5. The van der Waals surface area contributed by atoms with Gasteiger partial charge in [-0.3, -0.25) is 4.79 Å². The van der Waals surface area contributed by atoms with E-state index in [1.165, 1.54) is 11.8 Å². The Morgan fingerprint density at radius 1 is 1.38 bits per heavy atom. The van der Waals surface area contributed by atoms with Crippen LogP contribution in [0.4, 0.5) is 4.39 Å². The average Bonchev–Trinajstić information content (AvgIpc) is 2.40. The van der Waals surface area contributed by atoms with Crippen molar-refractivity contribution in [2.45, 2.75) is 45.1 Å². The Morgan fingerprint density at radius 3 is 2.38 bits per heavy atom. The molecule has 0 fully saturated rings. The number of amides is 1. The Hall–Kier alpha value is -1.14. The molecule has 0 aliphatic rings. The molecule has 0 saturated carbocycles. The second-order valence-corrected chi connectivity index (χ2v) is 7.45. The minimum absolute atomic E-state index is 0.0697. The molecule has 4 nitrogen and oxygen atoms in total. The highest BCUT2D eigenvalue weighted by Crippen LogP contribution is 2.24. The molecule has 118 valence electrons. The monoisotopic (exact) mass is 335 g/mol. The summed E-state index contributed by atoms with van der Waals surface area (Å²) in [7, 11) is 1.27. The predicted octanol–water partition coefficient (Wildman–Crippen LogP) is 3.32. The van der Waals surface area contributed by atoms with E-state index in [2.05, 4.69) is 0 Å². The summed E-state index contributed by atoms with van der Waals surface area (Å²) in [6.07, 6.45) is 0.716. The Balaban J connectivity index is 3.42. The molecule has 0 saturated heterocycles. The van der Waals surface area contributed by atoms with Gasteiger partial charge in [0.05, 0.1) is 10.5 Å². The summed E-state index contributed by atoms with van der Waals surface area (Å²) >= 11 is 0. The van der Waals surface area contributed by atoms with E-state index in [0.29, 0.717) is 13.0 Å². The topological polar surface area (TPSA) is 54.5 Å². The van der Waals surface area contributed by atoms with E-state index in [-0.39, 0.29) is 22.1 Å². The van der Waals surface area contributed by atoms with Gasteiger partial charge in [0.2, 0.25) is 0 Å². The molecule has 0 aliphatic heterocycles. The minimum atomic E-state index is -4.02. The van der Waals surface area contributed by atoms with E-state index in [9.17, 15) is 17.6 Å². The van der Waals surface area contributed by atoms with Crippen molar-refractivity contribution in [1.82, 2.24) is 4.90 Å². The van der Waals surface area contributed by atoms with Crippen LogP contribution in [0.2, 0.25) is 0 Å². The number of aryl methyl sites for hydroxylation is 1. The van der Waals surface area contributed by atoms with Crippen LogP contribution >= 0.6 is 10.7 Å². The lowest BCUT2D eigenvalue weighted by molar-refractivity contribution is 0.0694. The van der Waals surface area contributed by atoms with E-state index in [4.69, 9.17) is 10.7 Å². The Morgan fingerprint density at radius 2 is 1.95 bits per heavy atom. The molecule has 0 bridgehead atoms. The van der Waals surface area contributed by atoms with Crippen molar-refractivity contribution in [2.24, 2.45) is 0 Å². The van der Waals surface area contributed by atoms with Crippen molar-refractivity contribution in [3.63, 3.8) is 0 Å². The summed E-state index contributed by atoms with van der Waals surface area (Å²) in [6.45, 7) is 7.37. The Kier molecular flexibility index (Phi) is 5.75. The zero-order chi connectivity index (χ0) is 16.4. The number of hydrogen-bond acceptors (Lipinski definition) is 3. The van der Waals surface area contributed by atoms with Gasteiger partial charge in [-0.25, -0.2) is 12.8 Å². The molecule has 1 rings (SSSR count). The van der Waals surface area contributed by atoms with E-state index in [1.807, 2.05) is 13.8 Å². The first-order valence-corrected chi connectivity index (χ1v) is 9.00. The van der Waals surface area contributed by atoms with Crippen LogP contribution in [0.15, 0.2) is 17.0 Å². The quantitative estimate of drug-likeness (QED) is 0.776. The largest absolute Gasteiger partial charge is 0.336 e. The number of halogens is 2. The van der Waals surface area contributed by atoms with Crippen LogP contribution in [0.5, 0.6) is 0 Å². The standard InChI is InChI=1S/C14H19ClFNO3S/c1-5-10(4)17(6-2)14(18)12-8-11(21(15,19)20)7-9(3)13(12)16/h7-8,10H,5-6H2,1-4H3. The van der Waals surface area contributed by atoms with E-state index < -0.39 is 20.8 Å². The maximum absolute atomic E-state index is 14.2. The van der Waals surface area contributed by atoms with Crippen molar-refractivity contribution in [2.75, 3.05) is 6.54 Å². The van der Waals surface area contributed by atoms with Crippen LogP contribution in [0.25, 0.3) is 0 Å². The van der Waals surface area contributed by atoms with Crippen molar-refractivity contribution in [3.05, 3.63) is 29.1 Å². The molecule has 7 heteroatoms. The highest BCUT2D eigenvalue weighted by atomic mass is 35.7. The molecule has 1 unspecified atom stereocenters. The summed E-state index contributed by atoms with van der Waals surface area (Å²) in [4.78, 5) is 13.7. The van der Waals surface area contributed by atoms with Crippen LogP contribution in [0.3, 0.4) is 0 Å². The van der Waals surface area contributed by atoms with Crippen LogP contribution < -0.4 is 0 Å². The molecule has 1 aromatic rings. The van der Waals surface area contributed by atoms with Gasteiger partial charge in [0.1, 0.15) is 5.82 Å². The lowest BCUT2D eigenvalue weighted by Gasteiger charge is -2.27. The predicted molar refractivity (Wildman–Crippen MR) is 80.6 cm³/mol. The zero-order valence-corrected chi connectivity index (χ0v) is 14.1. The van der Waals surface area contributed by atoms with Crippen molar-refractivity contribution in [3.8, 4) is 0 Å². The maximum Gasteiger partial charge on any atom is 0.261 e. The molecule has 1 aromatic carbocycles. The van der Waals surface area contributed by atoms with Gasteiger partial charge in [-0.1, -0.05) is 6.92 Å². The van der Waals surface area contributed by atoms with Crippen LogP contribution in [-0.4, -0.2) is 31.8 Å². The van der Waals surface area contributed by atoms with Gasteiger partial charge in [0, 0.05) is 23.3 Å². The number of rotatable bonds is 5. The summed E-state index contributed by atoms with van der Waals surface area (Å²) in [5.41, 5.74) is -0.198. The average molecular weight is 336 g/mol. The summed E-state index contributed by atoms with van der Waals surface area (Å²) in [6, 6.07) is 2.05. The molecule has 0 radical (unpaired) electrons. The van der Waals surface area contributed by atoms with Gasteiger partial charge >= 0.3 is 0 Å². The Labute approximate surface area is 129 Å². The summed E-state index contributed by atoms with van der Waals surface area (Å²) < 4.78 is 37.0. The van der Waals surface area contributed by atoms with Crippen LogP contribution in [0.1, 0.15) is 43.1 Å². The Bertz CT molecular complexity index is 646. The SMILES string of the molecule is CCC(C)N(CC)C(=O)c1cc(S(=O)(=O)Cl)cc(C)c1F. The molecular weight excluding hydrogens is 317 g/mol. The maximum atomic E-state index is 14.2. The van der Waals surface area contributed by atoms with Crippen LogP contribution in [-0.2, 0) is 9.05 Å². The number of carbonyl (C=O) groups excluding carboxylic acids is 1. The lowest BCUT2D eigenvalue weighted by Crippen LogP contribution is -2.38. The molecule has 0 heterocycles.